The quantitative estimate of drug-likeness (QED) is 0.896. The molecule has 0 saturated heterocycles. The summed E-state index contributed by atoms with van der Waals surface area (Å²) in [6.07, 6.45) is 3.67. The zero-order chi connectivity index (χ0) is 14.1. The van der Waals surface area contributed by atoms with Gasteiger partial charge in [0.1, 0.15) is 5.01 Å². The topological polar surface area (TPSA) is 24.9 Å². The van der Waals surface area contributed by atoms with Gasteiger partial charge in [0.15, 0.2) is 0 Å². The van der Waals surface area contributed by atoms with Crippen molar-refractivity contribution in [3.63, 3.8) is 0 Å². The molecule has 2 aromatic rings. The summed E-state index contributed by atoms with van der Waals surface area (Å²) in [6, 6.07) is 9.34. The van der Waals surface area contributed by atoms with Crippen LogP contribution in [0.5, 0.6) is 0 Å². The first-order valence-electron chi connectivity index (χ1n) is 7.46. The Bertz CT molecular complexity index is 584. The molecule has 1 aromatic heterocycles. The second kappa shape index (κ2) is 5.66. The van der Waals surface area contributed by atoms with Gasteiger partial charge in [-0.15, -0.1) is 11.3 Å². The van der Waals surface area contributed by atoms with Gasteiger partial charge in [-0.1, -0.05) is 38.1 Å². The van der Waals surface area contributed by atoms with Gasteiger partial charge in [0.05, 0.1) is 11.7 Å². The first kappa shape index (κ1) is 13.8. The van der Waals surface area contributed by atoms with Crippen LogP contribution in [-0.2, 0) is 6.42 Å². The van der Waals surface area contributed by atoms with Crippen LogP contribution in [0.1, 0.15) is 54.8 Å². The zero-order valence-corrected chi connectivity index (χ0v) is 13.3. The summed E-state index contributed by atoms with van der Waals surface area (Å²) in [5, 5.41) is 4.57. The van der Waals surface area contributed by atoms with Crippen molar-refractivity contribution < 1.29 is 0 Å². The summed E-state index contributed by atoms with van der Waals surface area (Å²) >= 11 is 1.87. The van der Waals surface area contributed by atoms with E-state index in [1.807, 2.05) is 18.4 Å². The Hall–Kier alpha value is -1.19. The summed E-state index contributed by atoms with van der Waals surface area (Å²) in [7, 11) is 2.04. The molecule has 1 heterocycles. The fourth-order valence-electron chi connectivity index (χ4n) is 2.83. The lowest BCUT2D eigenvalue weighted by atomic mass is 9.98. The van der Waals surface area contributed by atoms with Gasteiger partial charge in [0.25, 0.3) is 0 Å². The summed E-state index contributed by atoms with van der Waals surface area (Å²) in [4.78, 5) is 6.37. The molecule has 1 N–H and O–H groups in total. The molecular formula is C17H22N2S. The number of aryl methyl sites for hydroxylation is 1. The number of thiazole rings is 1. The fraction of sp³-hybridized carbons (Fsp3) is 0.471. The molecule has 3 rings (SSSR count). The molecule has 0 fully saturated rings. The predicted octanol–water partition coefficient (Wildman–Crippen LogP) is 4.53. The van der Waals surface area contributed by atoms with Gasteiger partial charge >= 0.3 is 0 Å². The Morgan fingerprint density at radius 1 is 1.25 bits per heavy atom. The fourth-order valence-corrected chi connectivity index (χ4v) is 4.00. The van der Waals surface area contributed by atoms with E-state index in [1.54, 1.807) is 0 Å². The van der Waals surface area contributed by atoms with Crippen molar-refractivity contribution >= 4 is 11.3 Å². The molecule has 106 valence electrons. The van der Waals surface area contributed by atoms with Crippen LogP contribution in [-0.4, -0.2) is 12.0 Å². The van der Waals surface area contributed by atoms with E-state index in [1.165, 1.54) is 46.0 Å². The number of aromatic nitrogens is 1. The zero-order valence-electron chi connectivity index (χ0n) is 12.4. The third-order valence-electron chi connectivity index (χ3n) is 4.13. The molecule has 0 bridgehead atoms. The van der Waals surface area contributed by atoms with Crippen molar-refractivity contribution in [2.45, 2.75) is 45.1 Å². The first-order chi connectivity index (χ1) is 9.69. The van der Waals surface area contributed by atoms with Crippen LogP contribution in [0.2, 0.25) is 0 Å². The third-order valence-corrected chi connectivity index (χ3v) is 5.31. The van der Waals surface area contributed by atoms with Crippen LogP contribution >= 0.6 is 11.3 Å². The highest BCUT2D eigenvalue weighted by atomic mass is 32.1. The van der Waals surface area contributed by atoms with Crippen LogP contribution in [0.25, 0.3) is 10.6 Å². The molecule has 3 heteroatoms. The number of rotatable bonds is 3. The van der Waals surface area contributed by atoms with Gasteiger partial charge in [0.2, 0.25) is 0 Å². The van der Waals surface area contributed by atoms with E-state index >= 15 is 0 Å². The first-order valence-corrected chi connectivity index (χ1v) is 8.28. The van der Waals surface area contributed by atoms with Crippen molar-refractivity contribution in [3.05, 3.63) is 40.4 Å². The molecule has 1 aliphatic rings. The second-order valence-corrected chi connectivity index (χ2v) is 6.92. The van der Waals surface area contributed by atoms with Crippen LogP contribution in [0.15, 0.2) is 24.3 Å². The van der Waals surface area contributed by atoms with Crippen LogP contribution in [0, 0.1) is 0 Å². The lowest BCUT2D eigenvalue weighted by Crippen LogP contribution is -2.21. The molecular weight excluding hydrogens is 264 g/mol. The molecule has 20 heavy (non-hydrogen) atoms. The molecule has 1 unspecified atom stereocenters. The smallest absolute Gasteiger partial charge is 0.123 e. The lowest BCUT2D eigenvalue weighted by molar-refractivity contribution is 0.490. The van der Waals surface area contributed by atoms with Gasteiger partial charge in [-0.25, -0.2) is 4.98 Å². The molecule has 0 radical (unpaired) electrons. The highest BCUT2D eigenvalue weighted by molar-refractivity contribution is 7.15. The predicted molar refractivity (Wildman–Crippen MR) is 86.4 cm³/mol. The van der Waals surface area contributed by atoms with Gasteiger partial charge in [-0.3, -0.25) is 0 Å². The summed E-state index contributed by atoms with van der Waals surface area (Å²) in [5.74, 6) is 0.585. The number of fused-ring (bicyclic) bond motifs is 1. The van der Waals surface area contributed by atoms with Crippen molar-refractivity contribution in [2.24, 2.45) is 0 Å². The SMILES string of the molecule is CNC1CCCc2sc(-c3ccc(C(C)C)cc3)nc21. The number of hydrogen-bond acceptors (Lipinski definition) is 3. The summed E-state index contributed by atoms with van der Waals surface area (Å²) in [5.41, 5.74) is 3.93. The Morgan fingerprint density at radius 3 is 2.65 bits per heavy atom. The van der Waals surface area contributed by atoms with Gasteiger partial charge in [-0.2, -0.15) is 0 Å². The lowest BCUT2D eigenvalue weighted by Gasteiger charge is -2.19. The third kappa shape index (κ3) is 2.52. The molecule has 0 spiro atoms. The summed E-state index contributed by atoms with van der Waals surface area (Å²) < 4.78 is 0. The Morgan fingerprint density at radius 2 is 2.00 bits per heavy atom. The molecule has 0 amide bonds. The van der Waals surface area contributed by atoms with E-state index in [2.05, 4.69) is 43.4 Å². The molecule has 1 aliphatic carbocycles. The number of benzene rings is 1. The highest BCUT2D eigenvalue weighted by Crippen LogP contribution is 2.37. The Labute approximate surface area is 125 Å². The second-order valence-electron chi connectivity index (χ2n) is 5.84. The van der Waals surface area contributed by atoms with E-state index in [0.29, 0.717) is 12.0 Å². The standard InChI is InChI=1S/C17H22N2S/c1-11(2)12-7-9-13(10-8-12)17-19-16-14(18-3)5-4-6-15(16)20-17/h7-11,14,18H,4-6H2,1-3H3. The minimum atomic E-state index is 0.443. The van der Waals surface area contributed by atoms with Crippen molar-refractivity contribution in [2.75, 3.05) is 7.05 Å². The maximum atomic E-state index is 4.90. The monoisotopic (exact) mass is 286 g/mol. The van der Waals surface area contributed by atoms with E-state index in [-0.39, 0.29) is 0 Å². The molecule has 0 saturated carbocycles. The number of nitrogens with one attached hydrogen (secondary N) is 1. The Kier molecular flexibility index (Phi) is 3.90. The average molecular weight is 286 g/mol. The van der Waals surface area contributed by atoms with Crippen molar-refractivity contribution in [3.8, 4) is 10.6 Å². The average Bonchev–Trinajstić information content (AvgIpc) is 2.91. The van der Waals surface area contributed by atoms with Crippen LogP contribution in [0.3, 0.4) is 0 Å². The molecule has 1 atom stereocenters. The number of nitrogens with zero attached hydrogens (tertiary/aromatic N) is 1. The van der Waals surface area contributed by atoms with E-state index in [9.17, 15) is 0 Å². The number of hydrogen-bond donors (Lipinski definition) is 1. The molecule has 1 aromatic carbocycles. The van der Waals surface area contributed by atoms with Crippen LogP contribution < -0.4 is 5.32 Å². The largest absolute Gasteiger partial charge is 0.312 e. The van der Waals surface area contributed by atoms with Gasteiger partial charge in [0, 0.05) is 10.4 Å². The highest BCUT2D eigenvalue weighted by Gasteiger charge is 2.23. The van der Waals surface area contributed by atoms with Gasteiger partial charge < -0.3 is 5.32 Å². The Balaban J connectivity index is 1.93. The molecule has 0 aliphatic heterocycles. The van der Waals surface area contributed by atoms with Crippen molar-refractivity contribution in [1.82, 2.24) is 10.3 Å². The minimum Gasteiger partial charge on any atom is -0.312 e. The van der Waals surface area contributed by atoms with Crippen LogP contribution in [0.4, 0.5) is 0 Å². The van der Waals surface area contributed by atoms with E-state index in [4.69, 9.17) is 4.98 Å². The van der Waals surface area contributed by atoms with Gasteiger partial charge in [-0.05, 0) is 37.8 Å². The minimum absolute atomic E-state index is 0.443. The van der Waals surface area contributed by atoms with E-state index < -0.39 is 0 Å². The maximum absolute atomic E-state index is 4.90. The maximum Gasteiger partial charge on any atom is 0.123 e. The summed E-state index contributed by atoms with van der Waals surface area (Å²) in [6.45, 7) is 4.46. The normalized spacial score (nSPS) is 18.3. The van der Waals surface area contributed by atoms with Crippen molar-refractivity contribution in [1.29, 1.82) is 0 Å². The van der Waals surface area contributed by atoms with E-state index in [0.717, 1.165) is 0 Å². The molecule has 2 nitrogen and oxygen atoms in total.